The van der Waals surface area contributed by atoms with Gasteiger partial charge in [0.2, 0.25) is 0 Å². The molecule has 0 saturated carbocycles. The van der Waals surface area contributed by atoms with Crippen LogP contribution in [0.3, 0.4) is 0 Å². The number of amides is 1. The lowest BCUT2D eigenvalue weighted by Gasteiger charge is -2.15. The number of thiocarbonyl (C=S) groups is 1. The van der Waals surface area contributed by atoms with Crippen molar-refractivity contribution in [2.45, 2.75) is 19.4 Å². The molecule has 160 valence electrons. The van der Waals surface area contributed by atoms with Gasteiger partial charge in [-0.25, -0.2) is 0 Å². The number of furan rings is 1. The molecule has 0 unspecified atom stereocenters. The van der Waals surface area contributed by atoms with Crippen molar-refractivity contribution < 1.29 is 9.21 Å². The number of halogens is 2. The van der Waals surface area contributed by atoms with Gasteiger partial charge in [-0.3, -0.25) is 15.0 Å². The third kappa shape index (κ3) is 5.66. The van der Waals surface area contributed by atoms with Gasteiger partial charge >= 0.3 is 0 Å². The first-order valence-corrected chi connectivity index (χ1v) is 11.1. The number of hydrogen-bond acceptors (Lipinski definition) is 4. The number of nitrogens with one attached hydrogen (secondary N) is 2. The Morgan fingerprint density at radius 2 is 1.77 bits per heavy atom. The second-order valence-corrected chi connectivity index (χ2v) is 8.63. The predicted molar refractivity (Wildman–Crippen MR) is 129 cm³/mol. The molecule has 2 N–H and O–H groups in total. The number of likely N-dealkylation sites (tertiary alicyclic amines) is 1. The van der Waals surface area contributed by atoms with Crippen molar-refractivity contribution in [3.8, 4) is 11.3 Å². The molecule has 31 heavy (non-hydrogen) atoms. The molecule has 1 aliphatic heterocycles. The SMILES string of the molecule is O=C(NC(=S)Nc1ccc(CN2CCCC2)cc1)c1ccc(-c2cc(Cl)ccc2Cl)o1. The maximum atomic E-state index is 12.5. The van der Waals surface area contributed by atoms with E-state index in [-0.39, 0.29) is 10.9 Å². The first kappa shape index (κ1) is 21.8. The zero-order chi connectivity index (χ0) is 21.8. The molecule has 4 rings (SSSR count). The van der Waals surface area contributed by atoms with Gasteiger partial charge in [0, 0.05) is 22.8 Å². The fourth-order valence-corrected chi connectivity index (χ4v) is 4.10. The molecule has 0 spiro atoms. The maximum Gasteiger partial charge on any atom is 0.293 e. The van der Waals surface area contributed by atoms with Crippen molar-refractivity contribution in [1.82, 2.24) is 10.2 Å². The van der Waals surface area contributed by atoms with Crippen molar-refractivity contribution in [1.29, 1.82) is 0 Å². The standard InChI is InChI=1S/C23H21Cl2N3O2S/c24-16-5-8-19(25)18(13-16)20-9-10-21(30-20)22(29)27-23(31)26-17-6-3-15(4-7-17)14-28-11-1-2-12-28/h3-10,13H,1-2,11-12,14H2,(H2,26,27,29,31). The highest BCUT2D eigenvalue weighted by molar-refractivity contribution is 7.80. The summed E-state index contributed by atoms with van der Waals surface area (Å²) in [5, 5.41) is 6.85. The molecule has 5 nitrogen and oxygen atoms in total. The number of anilines is 1. The molecular weight excluding hydrogens is 453 g/mol. The van der Waals surface area contributed by atoms with Crippen LogP contribution >= 0.6 is 35.4 Å². The van der Waals surface area contributed by atoms with Crippen LogP contribution < -0.4 is 10.6 Å². The third-order valence-corrected chi connectivity index (χ3v) is 5.84. The number of hydrogen-bond donors (Lipinski definition) is 2. The lowest BCUT2D eigenvalue weighted by atomic mass is 10.2. The van der Waals surface area contributed by atoms with E-state index in [1.165, 1.54) is 18.4 Å². The molecule has 8 heteroatoms. The number of carbonyl (C=O) groups is 1. The first-order valence-electron chi connectivity index (χ1n) is 9.97. The quantitative estimate of drug-likeness (QED) is 0.446. The summed E-state index contributed by atoms with van der Waals surface area (Å²) in [7, 11) is 0. The predicted octanol–water partition coefficient (Wildman–Crippen LogP) is 5.98. The van der Waals surface area contributed by atoms with Crippen LogP contribution in [0.2, 0.25) is 10.0 Å². The molecule has 0 atom stereocenters. The Hall–Kier alpha value is -2.38. The molecule has 1 aromatic heterocycles. The molecule has 0 radical (unpaired) electrons. The Balaban J connectivity index is 1.34. The lowest BCUT2D eigenvalue weighted by Crippen LogP contribution is -2.33. The Bertz CT molecular complexity index is 1090. The molecule has 3 aromatic rings. The summed E-state index contributed by atoms with van der Waals surface area (Å²) < 4.78 is 5.65. The van der Waals surface area contributed by atoms with Crippen molar-refractivity contribution in [3.63, 3.8) is 0 Å². The van der Waals surface area contributed by atoms with E-state index < -0.39 is 5.91 Å². The van der Waals surface area contributed by atoms with Crippen molar-refractivity contribution in [2.75, 3.05) is 18.4 Å². The highest BCUT2D eigenvalue weighted by atomic mass is 35.5. The molecule has 1 saturated heterocycles. The fraction of sp³-hybridized carbons (Fsp3) is 0.217. The monoisotopic (exact) mass is 473 g/mol. The largest absolute Gasteiger partial charge is 0.451 e. The highest BCUT2D eigenvalue weighted by Crippen LogP contribution is 2.31. The van der Waals surface area contributed by atoms with Crippen LogP contribution in [0.4, 0.5) is 5.69 Å². The van der Waals surface area contributed by atoms with Gasteiger partial charge in [-0.15, -0.1) is 0 Å². The van der Waals surface area contributed by atoms with Crippen LogP contribution in [0.15, 0.2) is 59.0 Å². The highest BCUT2D eigenvalue weighted by Gasteiger charge is 2.16. The maximum absolute atomic E-state index is 12.5. The van der Waals surface area contributed by atoms with Gasteiger partial charge in [-0.05, 0) is 86.2 Å². The van der Waals surface area contributed by atoms with E-state index >= 15 is 0 Å². The summed E-state index contributed by atoms with van der Waals surface area (Å²) in [5.74, 6) is 0.119. The zero-order valence-electron chi connectivity index (χ0n) is 16.7. The number of rotatable bonds is 5. The molecule has 1 fully saturated rings. The normalized spacial score (nSPS) is 13.9. The van der Waals surface area contributed by atoms with Gasteiger partial charge in [-0.2, -0.15) is 0 Å². The van der Waals surface area contributed by atoms with Crippen LogP contribution in [0.25, 0.3) is 11.3 Å². The molecule has 2 aromatic carbocycles. The molecule has 0 aliphatic carbocycles. The van der Waals surface area contributed by atoms with E-state index in [1.807, 2.05) is 12.1 Å². The van der Waals surface area contributed by atoms with Crippen LogP contribution in [-0.2, 0) is 6.54 Å². The lowest BCUT2D eigenvalue weighted by molar-refractivity contribution is 0.0951. The Morgan fingerprint density at radius 3 is 2.52 bits per heavy atom. The van der Waals surface area contributed by atoms with Crippen LogP contribution in [0.5, 0.6) is 0 Å². The van der Waals surface area contributed by atoms with Gasteiger partial charge in [0.1, 0.15) is 5.76 Å². The van der Waals surface area contributed by atoms with Crippen molar-refractivity contribution in [2.24, 2.45) is 0 Å². The molecular formula is C23H21Cl2N3O2S. The summed E-state index contributed by atoms with van der Waals surface area (Å²) in [6.45, 7) is 3.28. The Kier molecular flexibility index (Phi) is 6.92. The van der Waals surface area contributed by atoms with E-state index in [1.54, 1.807) is 30.3 Å². The van der Waals surface area contributed by atoms with Gasteiger partial charge in [0.25, 0.3) is 5.91 Å². The smallest absolute Gasteiger partial charge is 0.293 e. The van der Waals surface area contributed by atoms with Crippen LogP contribution in [0.1, 0.15) is 29.0 Å². The second-order valence-electron chi connectivity index (χ2n) is 7.38. The van der Waals surface area contributed by atoms with Gasteiger partial charge < -0.3 is 9.73 Å². The summed E-state index contributed by atoms with van der Waals surface area (Å²) in [4.78, 5) is 14.9. The molecule has 2 heterocycles. The van der Waals surface area contributed by atoms with Crippen molar-refractivity contribution >= 4 is 52.1 Å². The molecule has 0 bridgehead atoms. The Labute approximate surface area is 196 Å². The average molecular weight is 474 g/mol. The third-order valence-electron chi connectivity index (χ3n) is 5.07. The fourth-order valence-electron chi connectivity index (χ4n) is 3.51. The first-order chi connectivity index (χ1) is 15.0. The summed E-state index contributed by atoms with van der Waals surface area (Å²) in [6.07, 6.45) is 2.55. The summed E-state index contributed by atoms with van der Waals surface area (Å²) in [6, 6.07) is 16.3. The van der Waals surface area contributed by atoms with E-state index in [4.69, 9.17) is 39.8 Å². The zero-order valence-corrected chi connectivity index (χ0v) is 19.0. The minimum absolute atomic E-state index is 0.121. The topological polar surface area (TPSA) is 57.5 Å². The van der Waals surface area contributed by atoms with Gasteiger partial charge in [-0.1, -0.05) is 35.3 Å². The minimum Gasteiger partial charge on any atom is -0.451 e. The molecule has 1 aliphatic rings. The average Bonchev–Trinajstić information content (AvgIpc) is 3.43. The Morgan fingerprint density at radius 1 is 1.03 bits per heavy atom. The second kappa shape index (κ2) is 9.83. The number of nitrogens with zero attached hydrogens (tertiary/aromatic N) is 1. The van der Waals surface area contributed by atoms with E-state index in [0.29, 0.717) is 21.4 Å². The van der Waals surface area contributed by atoms with Gasteiger partial charge in [0.05, 0.1) is 5.02 Å². The minimum atomic E-state index is -0.451. The van der Waals surface area contributed by atoms with E-state index in [9.17, 15) is 4.79 Å². The van der Waals surface area contributed by atoms with Crippen LogP contribution in [0, 0.1) is 0 Å². The van der Waals surface area contributed by atoms with Gasteiger partial charge in [0.15, 0.2) is 10.9 Å². The van der Waals surface area contributed by atoms with E-state index in [2.05, 4.69) is 27.7 Å². The van der Waals surface area contributed by atoms with Crippen molar-refractivity contribution in [3.05, 3.63) is 76.0 Å². The summed E-state index contributed by atoms with van der Waals surface area (Å²) >= 11 is 17.5. The van der Waals surface area contributed by atoms with Crippen LogP contribution in [-0.4, -0.2) is 29.0 Å². The van der Waals surface area contributed by atoms with E-state index in [0.717, 1.165) is 25.3 Å². The summed E-state index contributed by atoms with van der Waals surface area (Å²) in [5.41, 5.74) is 2.68. The molecule has 1 amide bonds. The number of carbonyl (C=O) groups excluding carboxylic acids is 1. The number of benzene rings is 2.